The van der Waals surface area contributed by atoms with Crippen LogP contribution in [0.15, 0.2) is 0 Å². The highest BCUT2D eigenvalue weighted by molar-refractivity contribution is 4.65. The van der Waals surface area contributed by atoms with Crippen LogP contribution >= 0.6 is 0 Å². The molecule has 1 unspecified atom stereocenters. The molecule has 1 N–H and O–H groups in total. The average Bonchev–Trinajstić information content (AvgIpc) is 2.08. The molecule has 2 heteroatoms. The minimum absolute atomic E-state index is 0.0202. The maximum absolute atomic E-state index is 9.12. The molecule has 0 spiro atoms. The van der Waals surface area contributed by atoms with Crippen molar-refractivity contribution in [1.29, 1.82) is 0 Å². The van der Waals surface area contributed by atoms with E-state index < -0.39 is 0 Å². The fourth-order valence-electron chi connectivity index (χ4n) is 1.49. The van der Waals surface area contributed by atoms with E-state index in [2.05, 4.69) is 6.92 Å². The minimum Gasteiger partial charge on any atom is -0.394 e. The molecule has 0 saturated carbocycles. The summed E-state index contributed by atoms with van der Waals surface area (Å²) in [5, 5.41) is 9.12. The van der Waals surface area contributed by atoms with E-state index in [1.54, 1.807) is 0 Å². The lowest BCUT2D eigenvalue weighted by molar-refractivity contribution is -0.0835. The fraction of sp³-hybridized carbons (Fsp3) is 1.00. The number of aliphatic hydroxyl groups is 1. The highest BCUT2D eigenvalue weighted by atomic mass is 16.5. The Hall–Kier alpha value is -0.0800. The third kappa shape index (κ3) is 8.52. The molecular weight excluding hydrogens is 176 g/mol. The lowest BCUT2D eigenvalue weighted by atomic mass is 10.1. The van der Waals surface area contributed by atoms with E-state index in [0.717, 1.165) is 12.8 Å². The van der Waals surface area contributed by atoms with Crippen molar-refractivity contribution in [3.8, 4) is 0 Å². The molecule has 0 fully saturated rings. The van der Waals surface area contributed by atoms with Gasteiger partial charge in [-0.05, 0) is 27.2 Å². The van der Waals surface area contributed by atoms with Gasteiger partial charge in [-0.15, -0.1) is 0 Å². The molecule has 0 saturated heterocycles. The van der Waals surface area contributed by atoms with Crippen LogP contribution in [0.5, 0.6) is 0 Å². The third-order valence-electron chi connectivity index (χ3n) is 2.10. The molecule has 0 heterocycles. The Morgan fingerprint density at radius 2 is 1.79 bits per heavy atom. The molecule has 0 bridgehead atoms. The van der Waals surface area contributed by atoms with Crippen molar-refractivity contribution in [2.75, 3.05) is 6.61 Å². The summed E-state index contributed by atoms with van der Waals surface area (Å²) in [7, 11) is 0. The van der Waals surface area contributed by atoms with Gasteiger partial charge >= 0.3 is 0 Å². The summed E-state index contributed by atoms with van der Waals surface area (Å²) in [6.07, 6.45) is 5.95. The van der Waals surface area contributed by atoms with E-state index in [1.165, 1.54) is 19.3 Å². The maximum atomic E-state index is 9.12. The van der Waals surface area contributed by atoms with E-state index >= 15 is 0 Å². The standard InChI is InChI=1S/C12H26O2/c1-5-6-7-8-9-11(10-13)14-12(2,3)4/h11,13H,5-10H2,1-4H3. The van der Waals surface area contributed by atoms with Gasteiger partial charge in [0.1, 0.15) is 0 Å². The second kappa shape index (κ2) is 7.24. The molecule has 0 amide bonds. The number of aliphatic hydroxyl groups excluding tert-OH is 1. The zero-order chi connectivity index (χ0) is 11.0. The summed E-state index contributed by atoms with van der Waals surface area (Å²) in [5.74, 6) is 0. The average molecular weight is 202 g/mol. The Morgan fingerprint density at radius 3 is 2.21 bits per heavy atom. The number of ether oxygens (including phenoxy) is 1. The second-order valence-corrected chi connectivity index (χ2v) is 4.88. The molecule has 0 aliphatic heterocycles. The zero-order valence-corrected chi connectivity index (χ0v) is 10.2. The molecule has 2 nitrogen and oxygen atoms in total. The molecule has 0 rings (SSSR count). The molecule has 0 aromatic carbocycles. The highest BCUT2D eigenvalue weighted by Gasteiger charge is 2.17. The molecular formula is C12H26O2. The largest absolute Gasteiger partial charge is 0.394 e. The Morgan fingerprint density at radius 1 is 1.14 bits per heavy atom. The van der Waals surface area contributed by atoms with Gasteiger partial charge in [0.15, 0.2) is 0 Å². The lowest BCUT2D eigenvalue weighted by Gasteiger charge is -2.26. The summed E-state index contributed by atoms with van der Waals surface area (Å²) in [4.78, 5) is 0. The lowest BCUT2D eigenvalue weighted by Crippen LogP contribution is -2.29. The van der Waals surface area contributed by atoms with Crippen LogP contribution < -0.4 is 0 Å². The Labute approximate surface area is 88.7 Å². The second-order valence-electron chi connectivity index (χ2n) is 4.88. The molecule has 0 aromatic rings. The Bertz CT molecular complexity index is 127. The molecule has 0 radical (unpaired) electrons. The van der Waals surface area contributed by atoms with E-state index in [1.807, 2.05) is 20.8 Å². The van der Waals surface area contributed by atoms with Gasteiger partial charge < -0.3 is 9.84 Å². The number of hydrogen-bond acceptors (Lipinski definition) is 2. The molecule has 0 aliphatic carbocycles. The maximum Gasteiger partial charge on any atom is 0.0812 e. The first-order chi connectivity index (χ1) is 6.49. The van der Waals surface area contributed by atoms with Crippen LogP contribution in [0.4, 0.5) is 0 Å². The van der Waals surface area contributed by atoms with Gasteiger partial charge in [-0.1, -0.05) is 32.6 Å². The molecule has 14 heavy (non-hydrogen) atoms. The van der Waals surface area contributed by atoms with E-state index in [-0.39, 0.29) is 18.3 Å². The summed E-state index contributed by atoms with van der Waals surface area (Å²) >= 11 is 0. The first-order valence-electron chi connectivity index (χ1n) is 5.78. The van der Waals surface area contributed by atoms with Crippen LogP contribution in [0.2, 0.25) is 0 Å². The van der Waals surface area contributed by atoms with Crippen LogP contribution in [0, 0.1) is 0 Å². The number of unbranched alkanes of at least 4 members (excludes halogenated alkanes) is 3. The monoisotopic (exact) mass is 202 g/mol. The first-order valence-corrected chi connectivity index (χ1v) is 5.78. The fourth-order valence-corrected chi connectivity index (χ4v) is 1.49. The van der Waals surface area contributed by atoms with Crippen molar-refractivity contribution in [2.45, 2.75) is 71.5 Å². The van der Waals surface area contributed by atoms with Crippen LogP contribution in [0.25, 0.3) is 0 Å². The summed E-state index contributed by atoms with van der Waals surface area (Å²) < 4.78 is 5.72. The van der Waals surface area contributed by atoms with Crippen molar-refractivity contribution >= 4 is 0 Å². The van der Waals surface area contributed by atoms with Gasteiger partial charge in [0, 0.05) is 0 Å². The van der Waals surface area contributed by atoms with Crippen LogP contribution in [0.3, 0.4) is 0 Å². The third-order valence-corrected chi connectivity index (χ3v) is 2.10. The van der Waals surface area contributed by atoms with Crippen molar-refractivity contribution in [3.63, 3.8) is 0 Å². The minimum atomic E-state index is -0.141. The Balaban J connectivity index is 3.58. The highest BCUT2D eigenvalue weighted by Crippen LogP contribution is 2.15. The van der Waals surface area contributed by atoms with E-state index in [9.17, 15) is 0 Å². The molecule has 1 atom stereocenters. The van der Waals surface area contributed by atoms with Crippen molar-refractivity contribution in [1.82, 2.24) is 0 Å². The SMILES string of the molecule is CCCCCCC(CO)OC(C)(C)C. The summed E-state index contributed by atoms with van der Waals surface area (Å²) in [5.41, 5.74) is -0.141. The van der Waals surface area contributed by atoms with Gasteiger partial charge in [-0.3, -0.25) is 0 Å². The predicted octanol–water partition coefficient (Wildman–Crippen LogP) is 3.13. The summed E-state index contributed by atoms with van der Waals surface area (Å²) in [6.45, 7) is 8.43. The molecule has 86 valence electrons. The predicted molar refractivity (Wildman–Crippen MR) is 60.5 cm³/mol. The van der Waals surface area contributed by atoms with E-state index in [0.29, 0.717) is 0 Å². The normalized spacial score (nSPS) is 14.4. The van der Waals surface area contributed by atoms with Crippen LogP contribution in [0.1, 0.15) is 59.8 Å². The quantitative estimate of drug-likeness (QED) is 0.643. The molecule has 0 aromatic heterocycles. The van der Waals surface area contributed by atoms with Gasteiger partial charge in [0.05, 0.1) is 18.3 Å². The van der Waals surface area contributed by atoms with Crippen molar-refractivity contribution < 1.29 is 9.84 Å². The smallest absolute Gasteiger partial charge is 0.0812 e. The van der Waals surface area contributed by atoms with Crippen molar-refractivity contribution in [2.24, 2.45) is 0 Å². The van der Waals surface area contributed by atoms with E-state index in [4.69, 9.17) is 9.84 Å². The number of rotatable bonds is 7. The van der Waals surface area contributed by atoms with Gasteiger partial charge in [0.25, 0.3) is 0 Å². The van der Waals surface area contributed by atoms with Crippen LogP contribution in [-0.2, 0) is 4.74 Å². The molecule has 0 aliphatic rings. The van der Waals surface area contributed by atoms with Gasteiger partial charge in [0.2, 0.25) is 0 Å². The van der Waals surface area contributed by atoms with Gasteiger partial charge in [-0.2, -0.15) is 0 Å². The Kier molecular flexibility index (Phi) is 7.20. The van der Waals surface area contributed by atoms with Crippen molar-refractivity contribution in [3.05, 3.63) is 0 Å². The van der Waals surface area contributed by atoms with Crippen LogP contribution in [-0.4, -0.2) is 23.4 Å². The van der Waals surface area contributed by atoms with Gasteiger partial charge in [-0.25, -0.2) is 0 Å². The number of hydrogen-bond donors (Lipinski definition) is 1. The topological polar surface area (TPSA) is 29.5 Å². The zero-order valence-electron chi connectivity index (χ0n) is 10.2. The first kappa shape index (κ1) is 13.9. The summed E-state index contributed by atoms with van der Waals surface area (Å²) in [6, 6.07) is 0.